The first-order valence-corrected chi connectivity index (χ1v) is 2.40. The van der Waals surface area contributed by atoms with Crippen LogP contribution < -0.4 is 0 Å². The highest BCUT2D eigenvalue weighted by Crippen LogP contribution is 1.84. The first-order valence-electron chi connectivity index (χ1n) is 2.40. The van der Waals surface area contributed by atoms with Crippen LogP contribution in [-0.4, -0.2) is 0 Å². The van der Waals surface area contributed by atoms with Crippen molar-refractivity contribution in [1.82, 2.24) is 0 Å². The van der Waals surface area contributed by atoms with Crippen LogP contribution in [0.15, 0.2) is 6.08 Å². The molecule has 0 aliphatic carbocycles. The zero-order valence-electron chi connectivity index (χ0n) is 4.49. The van der Waals surface area contributed by atoms with Crippen LogP contribution >= 0.6 is 0 Å². The molecular weight excluding hydrogens is 72.1 g/mol. The Balaban J connectivity index is 2.66. The molecule has 6 heavy (non-hydrogen) atoms. The van der Waals surface area contributed by atoms with Gasteiger partial charge in [0.05, 0.1) is 0 Å². The molecule has 0 aromatic carbocycles. The molecule has 0 spiro atoms. The van der Waals surface area contributed by atoms with Gasteiger partial charge >= 0.3 is 0 Å². The van der Waals surface area contributed by atoms with Gasteiger partial charge in [-0.3, -0.25) is 0 Å². The van der Waals surface area contributed by atoms with Gasteiger partial charge in [0.2, 0.25) is 6.08 Å². The molecule has 0 unspecified atom stereocenters. The summed E-state index contributed by atoms with van der Waals surface area (Å²) in [6.07, 6.45) is 7.41. The van der Waals surface area contributed by atoms with Gasteiger partial charge < -0.3 is 0 Å². The van der Waals surface area contributed by atoms with E-state index in [-0.39, 0.29) is 0 Å². The van der Waals surface area contributed by atoms with Crippen LogP contribution in [0.1, 0.15) is 26.7 Å². The Morgan fingerprint density at radius 1 is 1.67 bits per heavy atom. The standard InChI is InChI=1S/C6H11/c1-3-5-6-4-2/h6H,3,5H2,1-2H3/q+1. The summed E-state index contributed by atoms with van der Waals surface area (Å²) in [7, 11) is 0. The van der Waals surface area contributed by atoms with Crippen LogP contribution in [0.3, 0.4) is 0 Å². The summed E-state index contributed by atoms with van der Waals surface area (Å²) >= 11 is 0. The van der Waals surface area contributed by atoms with Gasteiger partial charge in [-0.2, -0.15) is 0 Å². The maximum absolute atomic E-state index is 2.94. The fraction of sp³-hybridized carbons (Fsp3) is 0.667. The Bertz CT molecular complexity index is 35.3. The van der Waals surface area contributed by atoms with Gasteiger partial charge in [-0.25, -0.2) is 0 Å². The molecule has 0 aromatic heterocycles. The van der Waals surface area contributed by atoms with Crippen molar-refractivity contribution in [2.45, 2.75) is 26.7 Å². The van der Waals surface area contributed by atoms with E-state index in [1.807, 2.05) is 6.92 Å². The molecule has 0 saturated carbocycles. The summed E-state index contributed by atoms with van der Waals surface area (Å²) in [5, 5.41) is 0. The third-order valence-corrected chi connectivity index (χ3v) is 0.637. The summed E-state index contributed by atoms with van der Waals surface area (Å²) in [4.78, 5) is 0. The minimum absolute atomic E-state index is 1.18. The summed E-state index contributed by atoms with van der Waals surface area (Å²) in [5.41, 5.74) is 0. The average Bonchev–Trinajstić information content (AvgIpc) is 1.61. The summed E-state index contributed by atoms with van der Waals surface area (Å²) < 4.78 is 0. The van der Waals surface area contributed by atoms with Crippen molar-refractivity contribution in [3.8, 4) is 0 Å². The fourth-order valence-electron chi connectivity index (χ4n) is 0.289. The molecule has 34 valence electrons. The second-order valence-corrected chi connectivity index (χ2v) is 1.28. The first-order chi connectivity index (χ1) is 2.91. The molecule has 0 nitrogen and oxygen atoms in total. The molecule has 0 saturated heterocycles. The van der Waals surface area contributed by atoms with E-state index < -0.39 is 0 Å². The van der Waals surface area contributed by atoms with Crippen LogP contribution in [0.4, 0.5) is 0 Å². The highest BCUT2D eigenvalue weighted by Gasteiger charge is 1.76. The predicted octanol–water partition coefficient (Wildman–Crippen LogP) is 2.17. The van der Waals surface area contributed by atoms with Gasteiger partial charge in [0.1, 0.15) is 0 Å². The Morgan fingerprint density at radius 3 is 2.50 bits per heavy atom. The predicted molar refractivity (Wildman–Crippen MR) is 28.4 cm³/mol. The van der Waals surface area contributed by atoms with Crippen molar-refractivity contribution >= 4 is 0 Å². The highest BCUT2D eigenvalue weighted by atomic mass is 13.7. The Morgan fingerprint density at radius 2 is 2.33 bits per heavy atom. The summed E-state index contributed by atoms with van der Waals surface area (Å²) in [6, 6.07) is 0. The molecule has 0 rings (SSSR count). The van der Waals surface area contributed by atoms with Gasteiger partial charge in [-0.15, -0.1) is 0 Å². The second-order valence-electron chi connectivity index (χ2n) is 1.28. The minimum Gasteiger partial charge on any atom is -0.0649 e. The maximum Gasteiger partial charge on any atom is 0.214 e. The number of hydrogen-bond donors (Lipinski definition) is 0. The lowest BCUT2D eigenvalue weighted by Crippen LogP contribution is -1.56. The van der Waals surface area contributed by atoms with E-state index in [1.165, 1.54) is 12.8 Å². The van der Waals surface area contributed by atoms with Crippen molar-refractivity contribution in [2.75, 3.05) is 0 Å². The molecule has 0 radical (unpaired) electrons. The fourth-order valence-corrected chi connectivity index (χ4v) is 0.289. The number of unbranched alkanes of at least 4 members (excludes halogenated alkanes) is 1. The minimum atomic E-state index is 1.18. The van der Waals surface area contributed by atoms with E-state index in [9.17, 15) is 0 Å². The van der Waals surface area contributed by atoms with E-state index in [0.29, 0.717) is 0 Å². The van der Waals surface area contributed by atoms with Crippen molar-refractivity contribution in [1.29, 1.82) is 0 Å². The monoisotopic (exact) mass is 83.1 g/mol. The van der Waals surface area contributed by atoms with Gasteiger partial charge in [0.15, 0.2) is 13.0 Å². The van der Waals surface area contributed by atoms with Crippen molar-refractivity contribution in [3.63, 3.8) is 0 Å². The van der Waals surface area contributed by atoms with Crippen LogP contribution in [0, 0.1) is 6.08 Å². The van der Waals surface area contributed by atoms with Crippen LogP contribution in [0.2, 0.25) is 0 Å². The molecule has 0 fully saturated rings. The molecule has 0 atom stereocenters. The Kier molecular flexibility index (Phi) is 4.38. The molecule has 0 amide bonds. The van der Waals surface area contributed by atoms with Gasteiger partial charge in [0.25, 0.3) is 0 Å². The quantitative estimate of drug-likeness (QED) is 0.449. The first kappa shape index (κ1) is 5.65. The summed E-state index contributed by atoms with van der Waals surface area (Å²) in [6.45, 7) is 4.09. The third kappa shape index (κ3) is 3.65. The van der Waals surface area contributed by atoms with Crippen LogP contribution in [0.25, 0.3) is 0 Å². The van der Waals surface area contributed by atoms with Crippen molar-refractivity contribution < 1.29 is 0 Å². The zero-order valence-corrected chi connectivity index (χ0v) is 4.49. The van der Waals surface area contributed by atoms with E-state index >= 15 is 0 Å². The smallest absolute Gasteiger partial charge is 0.0649 e. The molecule has 0 aliphatic heterocycles. The third-order valence-electron chi connectivity index (χ3n) is 0.637. The Labute approximate surface area is 39.9 Å². The number of allylic oxidation sites excluding steroid dienone is 2. The van der Waals surface area contributed by atoms with E-state index in [0.717, 1.165) is 0 Å². The van der Waals surface area contributed by atoms with E-state index in [4.69, 9.17) is 0 Å². The average molecular weight is 83.2 g/mol. The van der Waals surface area contributed by atoms with Gasteiger partial charge in [-0.1, -0.05) is 6.92 Å². The van der Waals surface area contributed by atoms with Crippen LogP contribution in [0.5, 0.6) is 0 Å². The topological polar surface area (TPSA) is 0 Å². The molecule has 0 bridgehead atoms. The molecule has 0 heterocycles. The molecule has 0 aliphatic rings. The molecular formula is C6H11+. The second kappa shape index (κ2) is 4.65. The summed E-state index contributed by atoms with van der Waals surface area (Å²) in [5.74, 6) is 0. The number of rotatable bonds is 2. The maximum atomic E-state index is 2.94. The largest absolute Gasteiger partial charge is 0.214 e. The van der Waals surface area contributed by atoms with Gasteiger partial charge in [-0.05, 0) is 6.42 Å². The van der Waals surface area contributed by atoms with Crippen LogP contribution in [-0.2, 0) is 0 Å². The lowest BCUT2D eigenvalue weighted by Gasteiger charge is -1.67. The number of hydrogen-bond acceptors (Lipinski definition) is 0. The van der Waals surface area contributed by atoms with E-state index in [2.05, 4.69) is 19.1 Å². The van der Waals surface area contributed by atoms with E-state index in [1.54, 1.807) is 0 Å². The van der Waals surface area contributed by atoms with Crippen molar-refractivity contribution in [2.24, 2.45) is 0 Å². The molecule has 0 heteroatoms. The van der Waals surface area contributed by atoms with Gasteiger partial charge in [0, 0.05) is 6.42 Å². The SMILES string of the molecule is C[C+]=CCCC. The van der Waals surface area contributed by atoms with Crippen molar-refractivity contribution in [3.05, 3.63) is 12.2 Å². The molecule has 0 N–H and O–H groups in total. The highest BCUT2D eigenvalue weighted by molar-refractivity contribution is 4.67. The zero-order chi connectivity index (χ0) is 4.83. The lowest BCUT2D eigenvalue weighted by atomic mass is 10.3. The Hall–Kier alpha value is -0.350. The lowest BCUT2D eigenvalue weighted by molar-refractivity contribution is 0.954. The molecule has 0 aromatic rings. The normalized spacial score (nSPS) is 9.00.